The lowest BCUT2D eigenvalue weighted by atomic mass is 9.86. The van der Waals surface area contributed by atoms with Gasteiger partial charge in [-0.2, -0.15) is 0 Å². The van der Waals surface area contributed by atoms with E-state index in [9.17, 15) is 19.5 Å². The minimum Gasteiger partial charge on any atom is -0.481 e. The first-order chi connectivity index (χ1) is 16.6. The van der Waals surface area contributed by atoms with Gasteiger partial charge in [0.1, 0.15) is 0 Å². The van der Waals surface area contributed by atoms with E-state index in [-0.39, 0.29) is 42.1 Å². The first-order valence-electron chi connectivity index (χ1n) is 12.0. The summed E-state index contributed by atoms with van der Waals surface area (Å²) in [6, 6.07) is 4.52. The summed E-state index contributed by atoms with van der Waals surface area (Å²) in [7, 11) is 0. The number of aromatic nitrogens is 2. The van der Waals surface area contributed by atoms with Crippen molar-refractivity contribution in [1.29, 1.82) is 0 Å². The fraction of sp³-hybridized carbons (Fsp3) is 0.520. The number of nitrogens with zero attached hydrogens (tertiary/aromatic N) is 3. The molecule has 2 aliphatic rings. The van der Waals surface area contributed by atoms with Gasteiger partial charge in [-0.15, -0.1) is 0 Å². The predicted molar refractivity (Wildman–Crippen MR) is 135 cm³/mol. The zero-order chi connectivity index (χ0) is 25.4. The van der Waals surface area contributed by atoms with Crippen LogP contribution < -0.4 is 10.9 Å². The van der Waals surface area contributed by atoms with Crippen molar-refractivity contribution in [2.75, 3.05) is 5.32 Å². The molecule has 4 rings (SSSR count). The zero-order valence-electron chi connectivity index (χ0n) is 20.1. The van der Waals surface area contributed by atoms with Gasteiger partial charge < -0.3 is 15.3 Å². The summed E-state index contributed by atoms with van der Waals surface area (Å²) in [6.45, 7) is 6.07. The molecule has 1 aromatic heterocycles. The number of carbonyl (C=O) groups excluding carboxylic acids is 1. The van der Waals surface area contributed by atoms with Crippen molar-refractivity contribution in [2.24, 2.45) is 5.92 Å². The molecule has 0 unspecified atom stereocenters. The highest BCUT2D eigenvalue weighted by atomic mass is 35.5. The van der Waals surface area contributed by atoms with Crippen LogP contribution in [-0.4, -0.2) is 43.5 Å². The second-order valence-electron chi connectivity index (χ2n) is 9.79. The Morgan fingerprint density at radius 2 is 1.83 bits per heavy atom. The monoisotopic (exact) mass is 520 g/mol. The van der Waals surface area contributed by atoms with E-state index >= 15 is 0 Å². The molecule has 0 radical (unpaired) electrons. The summed E-state index contributed by atoms with van der Waals surface area (Å²) < 4.78 is 1.72. The van der Waals surface area contributed by atoms with Gasteiger partial charge in [-0.1, -0.05) is 23.2 Å². The number of carboxylic acids is 1. The van der Waals surface area contributed by atoms with E-state index in [1.54, 1.807) is 27.7 Å². The molecule has 1 saturated carbocycles. The number of nitrogens with one attached hydrogen (secondary N) is 1. The molecule has 1 aliphatic carbocycles. The van der Waals surface area contributed by atoms with Crippen LogP contribution >= 0.6 is 23.2 Å². The Morgan fingerprint density at radius 3 is 2.43 bits per heavy atom. The number of fused-ring (bicyclic) bond motifs is 1. The molecule has 188 valence electrons. The quantitative estimate of drug-likeness (QED) is 0.587. The third kappa shape index (κ3) is 5.19. The van der Waals surface area contributed by atoms with E-state index in [2.05, 4.69) is 5.32 Å². The number of benzene rings is 1. The number of carboxylic acid groups (broad SMARTS) is 1. The average Bonchev–Trinajstić information content (AvgIpc) is 2.80. The zero-order valence-corrected chi connectivity index (χ0v) is 21.6. The maximum absolute atomic E-state index is 13.7. The van der Waals surface area contributed by atoms with E-state index in [4.69, 9.17) is 28.2 Å². The SMILES string of the molecule is CC(C)Nc1nc2c(c(=O)n1C1CCC(C(=O)O)CC1)C[C@@H](C)N(C(=O)c1ccc(Cl)c(Cl)c1)C2. The van der Waals surface area contributed by atoms with Crippen molar-refractivity contribution in [2.45, 2.75) is 77.5 Å². The van der Waals surface area contributed by atoms with Gasteiger partial charge in [-0.3, -0.25) is 19.0 Å². The third-order valence-corrected chi connectivity index (χ3v) is 7.64. The van der Waals surface area contributed by atoms with E-state index in [1.165, 1.54) is 0 Å². The van der Waals surface area contributed by atoms with Crippen LogP contribution in [0.5, 0.6) is 0 Å². The highest BCUT2D eigenvalue weighted by molar-refractivity contribution is 6.42. The van der Waals surface area contributed by atoms with Gasteiger partial charge >= 0.3 is 5.97 Å². The summed E-state index contributed by atoms with van der Waals surface area (Å²) in [5, 5.41) is 13.3. The summed E-state index contributed by atoms with van der Waals surface area (Å²) >= 11 is 12.1. The molecule has 2 heterocycles. The smallest absolute Gasteiger partial charge is 0.306 e. The lowest BCUT2D eigenvalue weighted by molar-refractivity contribution is -0.143. The number of amides is 1. The van der Waals surface area contributed by atoms with E-state index in [0.717, 1.165) is 0 Å². The lowest BCUT2D eigenvalue weighted by Gasteiger charge is -2.36. The first-order valence-corrected chi connectivity index (χ1v) is 12.7. The van der Waals surface area contributed by atoms with Crippen LogP contribution in [0.25, 0.3) is 0 Å². The number of anilines is 1. The Balaban J connectivity index is 1.68. The molecule has 2 aromatic rings. The first kappa shape index (κ1) is 25.5. The Bertz CT molecular complexity index is 1200. The van der Waals surface area contributed by atoms with Crippen LogP contribution in [0.2, 0.25) is 10.0 Å². The Labute approximate surface area is 214 Å². The summed E-state index contributed by atoms with van der Waals surface area (Å²) in [5.74, 6) is -0.868. The van der Waals surface area contributed by atoms with Gasteiger partial charge in [0.2, 0.25) is 5.95 Å². The van der Waals surface area contributed by atoms with Crippen molar-refractivity contribution in [3.63, 3.8) is 0 Å². The fourth-order valence-corrected chi connectivity index (χ4v) is 5.32. The van der Waals surface area contributed by atoms with E-state index in [1.807, 2.05) is 20.8 Å². The second-order valence-corrected chi connectivity index (χ2v) is 10.6. The van der Waals surface area contributed by atoms with Crippen molar-refractivity contribution < 1.29 is 14.7 Å². The molecule has 0 saturated heterocycles. The minimum atomic E-state index is -0.777. The lowest BCUT2D eigenvalue weighted by Crippen LogP contribution is -2.46. The topological polar surface area (TPSA) is 105 Å². The largest absolute Gasteiger partial charge is 0.481 e. The fourth-order valence-electron chi connectivity index (χ4n) is 5.02. The molecule has 1 aromatic carbocycles. The highest BCUT2D eigenvalue weighted by Crippen LogP contribution is 2.34. The Kier molecular flexibility index (Phi) is 7.43. The standard InChI is InChI=1S/C25H30Cl2N4O4/c1-13(2)28-25-29-21-12-30(22(32)16-6-9-19(26)20(27)11-16)14(3)10-18(21)23(33)31(25)17-7-4-15(5-8-17)24(34)35/h6,9,11,13-15,17H,4-5,7-8,10,12H2,1-3H3,(H,28,29)(H,34,35)/t14-,15?,17?/m1/s1. The number of aliphatic carboxylic acids is 1. The van der Waals surface area contributed by atoms with Crippen molar-refractivity contribution in [3.05, 3.63) is 55.4 Å². The maximum atomic E-state index is 13.7. The summed E-state index contributed by atoms with van der Waals surface area (Å²) in [4.78, 5) is 44.9. The number of carbonyl (C=O) groups is 2. The molecule has 8 nitrogen and oxygen atoms in total. The van der Waals surface area contributed by atoms with E-state index < -0.39 is 5.97 Å². The van der Waals surface area contributed by atoms with Crippen LogP contribution in [0, 0.1) is 5.92 Å². The predicted octanol–water partition coefficient (Wildman–Crippen LogP) is 4.77. The molecular formula is C25H30Cl2N4O4. The van der Waals surface area contributed by atoms with Gasteiger partial charge in [-0.25, -0.2) is 4.98 Å². The summed E-state index contributed by atoms with van der Waals surface area (Å²) in [6.07, 6.45) is 2.68. The van der Waals surface area contributed by atoms with Crippen LogP contribution in [0.4, 0.5) is 5.95 Å². The van der Waals surface area contributed by atoms with Gasteiger partial charge in [0, 0.05) is 29.3 Å². The number of rotatable bonds is 5. The molecule has 1 aliphatic heterocycles. The molecule has 10 heteroatoms. The average molecular weight is 521 g/mol. The normalized spacial score (nSPS) is 22.1. The van der Waals surface area contributed by atoms with Crippen LogP contribution in [0.1, 0.15) is 74.1 Å². The second kappa shape index (κ2) is 10.2. The van der Waals surface area contributed by atoms with Crippen LogP contribution in [0.15, 0.2) is 23.0 Å². The molecule has 1 amide bonds. The Hall–Kier alpha value is -2.58. The van der Waals surface area contributed by atoms with Crippen LogP contribution in [-0.2, 0) is 17.8 Å². The summed E-state index contributed by atoms with van der Waals surface area (Å²) in [5.41, 5.74) is 1.52. The molecule has 35 heavy (non-hydrogen) atoms. The van der Waals surface area contributed by atoms with Gasteiger partial charge in [0.25, 0.3) is 11.5 Å². The number of halogens is 2. The van der Waals surface area contributed by atoms with Crippen LogP contribution in [0.3, 0.4) is 0 Å². The van der Waals surface area contributed by atoms with E-state index in [0.29, 0.717) is 64.9 Å². The number of hydrogen-bond donors (Lipinski definition) is 2. The van der Waals surface area contributed by atoms with Gasteiger partial charge in [0.05, 0.1) is 28.2 Å². The van der Waals surface area contributed by atoms with Crippen molar-refractivity contribution >= 4 is 41.0 Å². The van der Waals surface area contributed by atoms with Gasteiger partial charge in [-0.05, 0) is 71.1 Å². The molecule has 1 atom stereocenters. The molecule has 2 N–H and O–H groups in total. The highest BCUT2D eigenvalue weighted by Gasteiger charge is 2.34. The minimum absolute atomic E-state index is 0.0398. The molecule has 1 fully saturated rings. The third-order valence-electron chi connectivity index (χ3n) is 6.90. The number of hydrogen-bond acceptors (Lipinski definition) is 5. The van der Waals surface area contributed by atoms with Crippen molar-refractivity contribution in [1.82, 2.24) is 14.5 Å². The Morgan fingerprint density at radius 1 is 1.14 bits per heavy atom. The van der Waals surface area contributed by atoms with Gasteiger partial charge in [0.15, 0.2) is 0 Å². The maximum Gasteiger partial charge on any atom is 0.306 e. The molecule has 0 spiro atoms. The molecular weight excluding hydrogens is 491 g/mol. The van der Waals surface area contributed by atoms with Crippen molar-refractivity contribution in [3.8, 4) is 0 Å². The molecule has 0 bridgehead atoms.